The van der Waals surface area contributed by atoms with Gasteiger partial charge in [0.15, 0.2) is 0 Å². The SMILES string of the molecule is CCCCC(=O)O[C@H]1CC[C@@]2(C)C(=C[C@@H](O)C3C2CC[C@]2(C)C(=O)CCC32)C1. The summed E-state index contributed by atoms with van der Waals surface area (Å²) in [5.41, 5.74) is 1.13. The van der Waals surface area contributed by atoms with Gasteiger partial charge in [-0.05, 0) is 61.7 Å². The van der Waals surface area contributed by atoms with Crippen molar-refractivity contribution in [3.05, 3.63) is 11.6 Å². The zero-order valence-electron chi connectivity index (χ0n) is 17.7. The molecule has 156 valence electrons. The van der Waals surface area contributed by atoms with Crippen LogP contribution in [0.2, 0.25) is 0 Å². The minimum Gasteiger partial charge on any atom is -0.462 e. The smallest absolute Gasteiger partial charge is 0.306 e. The van der Waals surface area contributed by atoms with E-state index in [-0.39, 0.29) is 28.8 Å². The molecule has 4 aliphatic rings. The fourth-order valence-corrected chi connectivity index (χ4v) is 7.05. The van der Waals surface area contributed by atoms with Crippen molar-refractivity contribution in [2.24, 2.45) is 28.6 Å². The number of carbonyl (C=O) groups excluding carboxylic acids is 2. The summed E-state index contributed by atoms with van der Waals surface area (Å²) in [6, 6.07) is 0. The summed E-state index contributed by atoms with van der Waals surface area (Å²) in [5.74, 6) is 1.27. The van der Waals surface area contributed by atoms with Crippen molar-refractivity contribution in [1.29, 1.82) is 0 Å². The summed E-state index contributed by atoms with van der Waals surface area (Å²) in [6.07, 6.45) is 10.2. The molecule has 1 N–H and O–H groups in total. The van der Waals surface area contributed by atoms with E-state index < -0.39 is 6.10 Å². The van der Waals surface area contributed by atoms with Gasteiger partial charge in [0.05, 0.1) is 6.10 Å². The molecule has 7 atom stereocenters. The van der Waals surface area contributed by atoms with Crippen molar-refractivity contribution in [2.45, 2.75) is 97.2 Å². The molecule has 0 aromatic rings. The lowest BCUT2D eigenvalue weighted by Crippen LogP contribution is -2.54. The normalized spacial score (nSPS) is 44.9. The minimum atomic E-state index is -0.474. The lowest BCUT2D eigenvalue weighted by Gasteiger charge is -2.58. The first-order chi connectivity index (χ1) is 13.3. The minimum absolute atomic E-state index is 0.0469. The number of ether oxygens (including phenoxy) is 1. The van der Waals surface area contributed by atoms with Gasteiger partial charge in [0.2, 0.25) is 0 Å². The van der Waals surface area contributed by atoms with Crippen LogP contribution in [0.15, 0.2) is 11.6 Å². The Labute approximate surface area is 169 Å². The first-order valence-electron chi connectivity index (χ1n) is 11.4. The van der Waals surface area contributed by atoms with Gasteiger partial charge in [0.1, 0.15) is 11.9 Å². The first-order valence-corrected chi connectivity index (χ1v) is 11.4. The maximum atomic E-state index is 12.5. The summed E-state index contributed by atoms with van der Waals surface area (Å²) in [6.45, 7) is 6.58. The largest absolute Gasteiger partial charge is 0.462 e. The predicted octanol–water partition coefficient (Wildman–Crippen LogP) is 4.59. The Hall–Kier alpha value is -1.16. The molecule has 3 unspecified atom stereocenters. The highest BCUT2D eigenvalue weighted by molar-refractivity contribution is 5.87. The molecule has 0 spiro atoms. The van der Waals surface area contributed by atoms with Crippen molar-refractivity contribution in [3.8, 4) is 0 Å². The average Bonchev–Trinajstić information content (AvgIpc) is 2.96. The molecular weight excluding hydrogens is 352 g/mol. The molecule has 4 heteroatoms. The summed E-state index contributed by atoms with van der Waals surface area (Å²) >= 11 is 0. The zero-order chi connectivity index (χ0) is 20.1. The quantitative estimate of drug-likeness (QED) is 0.565. The number of fused-ring (bicyclic) bond motifs is 5. The fraction of sp³-hybridized carbons (Fsp3) is 0.833. The fourth-order valence-electron chi connectivity index (χ4n) is 7.05. The number of Topliss-reactive ketones (excluding diaryl/α,β-unsaturated/α-hetero) is 1. The number of hydrogen-bond donors (Lipinski definition) is 1. The van der Waals surface area contributed by atoms with E-state index >= 15 is 0 Å². The van der Waals surface area contributed by atoms with E-state index in [1.165, 1.54) is 5.57 Å². The van der Waals surface area contributed by atoms with Gasteiger partial charge in [-0.15, -0.1) is 0 Å². The number of rotatable bonds is 4. The van der Waals surface area contributed by atoms with Crippen LogP contribution >= 0.6 is 0 Å². The maximum Gasteiger partial charge on any atom is 0.306 e. The molecule has 4 rings (SSSR count). The van der Waals surface area contributed by atoms with Crippen LogP contribution in [0.5, 0.6) is 0 Å². The molecule has 4 aliphatic carbocycles. The molecule has 0 aliphatic heterocycles. The van der Waals surface area contributed by atoms with Crippen LogP contribution in [-0.4, -0.2) is 29.1 Å². The maximum absolute atomic E-state index is 12.5. The topological polar surface area (TPSA) is 63.6 Å². The molecular formula is C24H36O4. The van der Waals surface area contributed by atoms with Crippen LogP contribution in [0.3, 0.4) is 0 Å². The van der Waals surface area contributed by atoms with Gasteiger partial charge >= 0.3 is 5.97 Å². The number of ketones is 1. The second kappa shape index (κ2) is 7.27. The molecule has 0 amide bonds. The molecule has 3 saturated carbocycles. The molecule has 4 nitrogen and oxygen atoms in total. The Morgan fingerprint density at radius 1 is 1.18 bits per heavy atom. The van der Waals surface area contributed by atoms with Gasteiger partial charge in [-0.3, -0.25) is 9.59 Å². The van der Waals surface area contributed by atoms with E-state index in [9.17, 15) is 14.7 Å². The molecule has 3 fully saturated rings. The van der Waals surface area contributed by atoms with Crippen LogP contribution in [0, 0.1) is 28.6 Å². The monoisotopic (exact) mass is 388 g/mol. The van der Waals surface area contributed by atoms with Crippen molar-refractivity contribution >= 4 is 11.8 Å². The Kier molecular flexibility index (Phi) is 5.22. The highest BCUT2D eigenvalue weighted by Gasteiger charge is 2.60. The van der Waals surface area contributed by atoms with Crippen LogP contribution < -0.4 is 0 Å². The van der Waals surface area contributed by atoms with Crippen molar-refractivity contribution < 1.29 is 19.4 Å². The zero-order valence-corrected chi connectivity index (χ0v) is 17.7. The number of unbranched alkanes of at least 4 members (excludes halogenated alkanes) is 1. The highest BCUT2D eigenvalue weighted by Crippen LogP contribution is 2.64. The third-order valence-electron chi connectivity index (χ3n) is 8.83. The predicted molar refractivity (Wildman–Crippen MR) is 108 cm³/mol. The second-order valence-corrected chi connectivity index (χ2v) is 10.3. The number of carbonyl (C=O) groups is 2. The van der Waals surface area contributed by atoms with Crippen LogP contribution in [0.25, 0.3) is 0 Å². The number of esters is 1. The van der Waals surface area contributed by atoms with Gasteiger partial charge in [-0.25, -0.2) is 0 Å². The first kappa shape index (κ1) is 20.1. The van der Waals surface area contributed by atoms with Gasteiger partial charge in [-0.2, -0.15) is 0 Å². The highest BCUT2D eigenvalue weighted by atomic mass is 16.5. The van der Waals surface area contributed by atoms with E-state index in [1.807, 2.05) is 0 Å². The third kappa shape index (κ3) is 3.07. The number of aliphatic hydroxyl groups is 1. The Bertz CT molecular complexity index is 682. The molecule has 0 radical (unpaired) electrons. The Balaban J connectivity index is 1.53. The Morgan fingerprint density at radius 3 is 2.64 bits per heavy atom. The van der Waals surface area contributed by atoms with Gasteiger partial charge in [0.25, 0.3) is 0 Å². The standard InChI is InChI=1S/C24H36O4/c1-4-5-6-21(27)28-16-9-11-23(2)15(13-16)14-19(25)22-17-7-8-20(26)24(17,3)12-10-18(22)23/h14,16-19,22,25H,4-13H2,1-3H3/t16-,17?,18?,19+,22?,23-,24-/m0/s1. The molecule has 28 heavy (non-hydrogen) atoms. The van der Waals surface area contributed by atoms with Crippen molar-refractivity contribution in [1.82, 2.24) is 0 Å². The van der Waals surface area contributed by atoms with Crippen molar-refractivity contribution in [2.75, 3.05) is 0 Å². The van der Waals surface area contributed by atoms with Gasteiger partial charge < -0.3 is 9.84 Å². The molecule has 0 aromatic heterocycles. The van der Waals surface area contributed by atoms with Crippen LogP contribution in [-0.2, 0) is 14.3 Å². The van der Waals surface area contributed by atoms with Crippen molar-refractivity contribution in [3.63, 3.8) is 0 Å². The van der Waals surface area contributed by atoms with Crippen LogP contribution in [0.1, 0.15) is 85.0 Å². The van der Waals surface area contributed by atoms with Crippen LogP contribution in [0.4, 0.5) is 0 Å². The molecule has 0 saturated heterocycles. The lowest BCUT2D eigenvalue weighted by molar-refractivity contribution is -0.152. The summed E-state index contributed by atoms with van der Waals surface area (Å²) < 4.78 is 5.75. The summed E-state index contributed by atoms with van der Waals surface area (Å²) in [5, 5.41) is 11.1. The third-order valence-corrected chi connectivity index (χ3v) is 8.83. The van der Waals surface area contributed by atoms with Gasteiger partial charge in [-0.1, -0.05) is 38.8 Å². The number of aliphatic hydroxyl groups excluding tert-OH is 1. The van der Waals surface area contributed by atoms with E-state index in [0.717, 1.165) is 51.4 Å². The van der Waals surface area contributed by atoms with E-state index in [2.05, 4.69) is 26.8 Å². The summed E-state index contributed by atoms with van der Waals surface area (Å²) in [4.78, 5) is 24.6. The average molecular weight is 389 g/mol. The number of hydrogen-bond acceptors (Lipinski definition) is 4. The molecule has 0 heterocycles. The lowest BCUT2D eigenvalue weighted by atomic mass is 9.47. The second-order valence-electron chi connectivity index (χ2n) is 10.3. The molecule has 0 bridgehead atoms. The van der Waals surface area contributed by atoms with E-state index in [1.54, 1.807) is 0 Å². The summed E-state index contributed by atoms with van der Waals surface area (Å²) in [7, 11) is 0. The Morgan fingerprint density at radius 2 is 1.89 bits per heavy atom. The van der Waals surface area contributed by atoms with E-state index in [0.29, 0.717) is 30.5 Å². The van der Waals surface area contributed by atoms with Gasteiger partial charge in [0, 0.05) is 24.7 Å². The molecule has 0 aromatic carbocycles. The van der Waals surface area contributed by atoms with E-state index in [4.69, 9.17) is 4.74 Å².